The minimum absolute atomic E-state index is 0.0688. The van der Waals surface area contributed by atoms with Crippen molar-refractivity contribution in [2.45, 2.75) is 76.8 Å². The summed E-state index contributed by atoms with van der Waals surface area (Å²) in [6.45, 7) is 13.3. The summed E-state index contributed by atoms with van der Waals surface area (Å²) in [5.41, 5.74) is 6.03. The molecule has 3 aliphatic rings. The van der Waals surface area contributed by atoms with E-state index in [9.17, 15) is 13.2 Å². The highest BCUT2D eigenvalue weighted by Gasteiger charge is 2.60. The Morgan fingerprint density at radius 2 is 1.22 bits per heavy atom. The van der Waals surface area contributed by atoms with Crippen LogP contribution in [-0.2, 0) is 22.4 Å². The Labute approximate surface area is 217 Å². The molecule has 6 rings (SSSR count). The average molecular weight is 527 g/mol. The van der Waals surface area contributed by atoms with Crippen LogP contribution in [0, 0.1) is 13.8 Å². The molecule has 194 valence electrons. The quantitative estimate of drug-likeness (QED) is 0.312. The van der Waals surface area contributed by atoms with Gasteiger partial charge in [-0.3, -0.25) is 0 Å². The van der Waals surface area contributed by atoms with Gasteiger partial charge in [0.1, 0.15) is 17.2 Å². The predicted molar refractivity (Wildman–Crippen MR) is 139 cm³/mol. The Kier molecular flexibility index (Phi) is 5.09. The van der Waals surface area contributed by atoms with Gasteiger partial charge in [0, 0.05) is 16.5 Å². The molecular formula is C30H30F3O3P. The molecule has 7 heteroatoms. The van der Waals surface area contributed by atoms with E-state index in [1.807, 2.05) is 12.1 Å². The standard InChI is InChI=1S/C30H30F3O3P/c1-17-11-21-25-23(13-17)35-37(34-20-9-7-19(8-10-20)30(31,32)33)36-24-14-18(2)12-22-26(24)29(25,15-27(21,3)4)16-28(22,5)6/h7-14H,15-16H2,1-6H3. The van der Waals surface area contributed by atoms with Crippen molar-refractivity contribution in [1.82, 2.24) is 0 Å². The Morgan fingerprint density at radius 3 is 1.65 bits per heavy atom. The molecule has 1 heterocycles. The van der Waals surface area contributed by atoms with Gasteiger partial charge < -0.3 is 13.6 Å². The molecule has 0 unspecified atom stereocenters. The lowest BCUT2D eigenvalue weighted by Crippen LogP contribution is -2.28. The second kappa shape index (κ2) is 7.66. The highest BCUT2D eigenvalue weighted by molar-refractivity contribution is 7.43. The van der Waals surface area contributed by atoms with E-state index in [2.05, 4.69) is 53.7 Å². The number of hydrogen-bond acceptors (Lipinski definition) is 3. The van der Waals surface area contributed by atoms with Crippen LogP contribution in [0.4, 0.5) is 13.2 Å². The smallest absolute Gasteiger partial charge is 0.409 e. The van der Waals surface area contributed by atoms with Crippen molar-refractivity contribution < 1.29 is 26.7 Å². The third-order valence-electron chi connectivity index (χ3n) is 8.10. The summed E-state index contributed by atoms with van der Waals surface area (Å²) < 4.78 is 58.4. The summed E-state index contributed by atoms with van der Waals surface area (Å²) in [7, 11) is -1.98. The highest BCUT2D eigenvalue weighted by atomic mass is 31.2. The lowest BCUT2D eigenvalue weighted by Gasteiger charge is -2.34. The molecule has 0 aromatic heterocycles. The van der Waals surface area contributed by atoms with Crippen LogP contribution >= 0.6 is 8.60 Å². The van der Waals surface area contributed by atoms with Crippen molar-refractivity contribution >= 4 is 8.60 Å². The van der Waals surface area contributed by atoms with Crippen LogP contribution in [-0.4, -0.2) is 0 Å². The van der Waals surface area contributed by atoms with Gasteiger partial charge >= 0.3 is 14.8 Å². The molecule has 0 N–H and O–H groups in total. The minimum atomic E-state index is -4.41. The summed E-state index contributed by atoms with van der Waals surface area (Å²) in [5, 5.41) is 0. The Balaban J connectivity index is 1.53. The molecule has 0 amide bonds. The summed E-state index contributed by atoms with van der Waals surface area (Å²) >= 11 is 0. The topological polar surface area (TPSA) is 27.7 Å². The number of benzene rings is 3. The van der Waals surface area contributed by atoms with Gasteiger partial charge in [0.2, 0.25) is 0 Å². The van der Waals surface area contributed by atoms with Crippen molar-refractivity contribution in [2.24, 2.45) is 0 Å². The van der Waals surface area contributed by atoms with E-state index >= 15 is 0 Å². The molecular weight excluding hydrogens is 496 g/mol. The van der Waals surface area contributed by atoms with E-state index in [1.54, 1.807) is 0 Å². The second-order valence-corrected chi connectivity index (χ2v) is 13.1. The molecule has 3 nitrogen and oxygen atoms in total. The van der Waals surface area contributed by atoms with Gasteiger partial charge in [-0.15, -0.1) is 0 Å². The fourth-order valence-corrected chi connectivity index (χ4v) is 7.97. The van der Waals surface area contributed by atoms with Crippen LogP contribution < -0.4 is 13.6 Å². The Bertz CT molecular complexity index is 1340. The van der Waals surface area contributed by atoms with E-state index < -0.39 is 20.3 Å². The van der Waals surface area contributed by atoms with Crippen molar-refractivity contribution in [3.05, 3.63) is 87.5 Å². The van der Waals surface area contributed by atoms with Crippen LogP contribution in [0.25, 0.3) is 0 Å². The molecule has 0 radical (unpaired) electrons. The molecule has 37 heavy (non-hydrogen) atoms. The van der Waals surface area contributed by atoms with Crippen molar-refractivity contribution in [2.75, 3.05) is 0 Å². The van der Waals surface area contributed by atoms with Crippen LogP contribution in [0.15, 0.2) is 48.5 Å². The third-order valence-corrected chi connectivity index (χ3v) is 9.15. The first-order chi connectivity index (χ1) is 17.2. The fourth-order valence-electron chi connectivity index (χ4n) is 6.95. The van der Waals surface area contributed by atoms with Crippen molar-refractivity contribution in [3.8, 4) is 17.2 Å². The number of alkyl halides is 3. The Morgan fingerprint density at radius 1 is 0.757 bits per heavy atom. The first-order valence-electron chi connectivity index (χ1n) is 12.5. The second-order valence-electron chi connectivity index (χ2n) is 12.1. The summed E-state index contributed by atoms with van der Waals surface area (Å²) in [6, 6.07) is 13.3. The van der Waals surface area contributed by atoms with E-state index in [0.29, 0.717) is 0 Å². The van der Waals surface area contributed by atoms with E-state index in [-0.39, 0.29) is 22.0 Å². The van der Waals surface area contributed by atoms with Gasteiger partial charge in [-0.1, -0.05) is 39.8 Å². The molecule has 0 saturated carbocycles. The largest absolute Gasteiger partial charge is 0.530 e. The molecule has 0 fully saturated rings. The van der Waals surface area contributed by atoms with Gasteiger partial charge in [-0.05, 0) is 96.2 Å². The summed E-state index contributed by atoms with van der Waals surface area (Å²) in [4.78, 5) is 0. The van der Waals surface area contributed by atoms with Crippen molar-refractivity contribution in [1.29, 1.82) is 0 Å². The minimum Gasteiger partial charge on any atom is -0.409 e. The maximum Gasteiger partial charge on any atom is 0.530 e. The zero-order chi connectivity index (χ0) is 26.5. The van der Waals surface area contributed by atoms with Gasteiger partial charge in [-0.2, -0.15) is 13.2 Å². The maximum absolute atomic E-state index is 13.1. The van der Waals surface area contributed by atoms with Crippen LogP contribution in [0.3, 0.4) is 0 Å². The predicted octanol–water partition coefficient (Wildman–Crippen LogP) is 9.05. The fraction of sp³-hybridized carbons (Fsp3) is 0.400. The number of aryl methyl sites for hydroxylation is 2. The summed E-state index contributed by atoms with van der Waals surface area (Å²) in [5.74, 6) is 1.75. The van der Waals surface area contributed by atoms with Crippen LogP contribution in [0.1, 0.15) is 79.5 Å². The molecule has 3 aromatic carbocycles. The average Bonchev–Trinajstić information content (AvgIpc) is 3.11. The van der Waals surface area contributed by atoms with Crippen LogP contribution in [0.2, 0.25) is 0 Å². The molecule has 0 atom stereocenters. The van der Waals surface area contributed by atoms with Crippen molar-refractivity contribution in [3.63, 3.8) is 0 Å². The molecule has 0 bridgehead atoms. The van der Waals surface area contributed by atoms with Gasteiger partial charge in [0.25, 0.3) is 0 Å². The summed E-state index contributed by atoms with van der Waals surface area (Å²) in [6.07, 6.45) is -2.52. The van der Waals surface area contributed by atoms with Gasteiger partial charge in [-0.25, -0.2) is 0 Å². The molecule has 1 aliphatic heterocycles. The first kappa shape index (κ1) is 24.6. The van der Waals surface area contributed by atoms with E-state index in [4.69, 9.17) is 13.6 Å². The number of hydrogen-bond donors (Lipinski definition) is 0. The molecule has 0 saturated heterocycles. The van der Waals surface area contributed by atoms with E-state index in [1.165, 1.54) is 34.4 Å². The molecule has 2 aliphatic carbocycles. The lowest BCUT2D eigenvalue weighted by molar-refractivity contribution is -0.137. The monoisotopic (exact) mass is 526 g/mol. The number of rotatable bonds is 2. The molecule has 3 aromatic rings. The molecule has 1 spiro atoms. The third kappa shape index (κ3) is 3.74. The zero-order valence-corrected chi connectivity index (χ0v) is 22.7. The highest BCUT2D eigenvalue weighted by Crippen LogP contribution is 2.68. The number of halogens is 3. The maximum atomic E-state index is 13.1. The zero-order valence-electron chi connectivity index (χ0n) is 21.8. The Hall–Kier alpha value is -2.72. The SMILES string of the molecule is Cc1cc2c3c(c1)C(C)(C)CC31CC(C)(C)c3cc(C)cc(c31)OP(Oc1ccc(C(F)(F)F)cc1)O2. The first-order valence-corrected chi connectivity index (χ1v) is 13.6. The lowest BCUT2D eigenvalue weighted by atomic mass is 9.72. The van der Waals surface area contributed by atoms with E-state index in [0.717, 1.165) is 47.6 Å². The van der Waals surface area contributed by atoms with Gasteiger partial charge in [0.05, 0.1) is 5.56 Å². The van der Waals surface area contributed by atoms with Crippen LogP contribution in [0.5, 0.6) is 17.2 Å². The normalized spacial score (nSPS) is 20.2. The van der Waals surface area contributed by atoms with Gasteiger partial charge in [0.15, 0.2) is 0 Å².